The fourth-order valence-electron chi connectivity index (χ4n) is 3.24. The average molecular weight is 482 g/mol. The fourth-order valence-corrected chi connectivity index (χ4v) is 3.24. The van der Waals surface area contributed by atoms with E-state index in [-0.39, 0.29) is 36.4 Å². The van der Waals surface area contributed by atoms with Crippen LogP contribution in [0.1, 0.15) is 21.5 Å². The molecule has 1 saturated heterocycles. The Hall–Kier alpha value is -3.67. The molecule has 1 heterocycles. The van der Waals surface area contributed by atoms with Gasteiger partial charge in [-0.15, -0.1) is 0 Å². The highest BCUT2D eigenvalue weighted by Crippen LogP contribution is 2.25. The Morgan fingerprint density at radius 2 is 1.74 bits per heavy atom. The van der Waals surface area contributed by atoms with Crippen LogP contribution in [0.3, 0.4) is 0 Å². The lowest BCUT2D eigenvalue weighted by Gasteiger charge is -2.33. The summed E-state index contributed by atoms with van der Waals surface area (Å²) in [5, 5.41) is 0. The molecule has 2 aromatic rings. The molecule has 1 fully saturated rings. The van der Waals surface area contributed by atoms with Crippen LogP contribution < -0.4 is 15.8 Å². The lowest BCUT2D eigenvalue weighted by atomic mass is 10.1. The summed E-state index contributed by atoms with van der Waals surface area (Å²) < 4.78 is 59.2. The predicted octanol–water partition coefficient (Wildman–Crippen LogP) is 2.76. The minimum atomic E-state index is -3.34. The van der Waals surface area contributed by atoms with Gasteiger partial charge in [0.05, 0.1) is 25.4 Å². The molecule has 0 unspecified atom stereocenters. The number of carbonyl (C=O) groups is 3. The summed E-state index contributed by atoms with van der Waals surface area (Å²) >= 11 is 0. The first-order valence-electron chi connectivity index (χ1n) is 10.2. The highest BCUT2D eigenvalue weighted by molar-refractivity contribution is 5.96. The van der Waals surface area contributed by atoms with Crippen molar-refractivity contribution < 1.29 is 36.7 Å². The zero-order chi connectivity index (χ0) is 24.8. The van der Waals surface area contributed by atoms with Crippen molar-refractivity contribution in [3.63, 3.8) is 0 Å². The second kappa shape index (κ2) is 11.0. The molecule has 0 atom stereocenters. The smallest absolute Gasteiger partial charge is 0.325 e. The average Bonchev–Trinajstić information content (AvgIpc) is 2.82. The summed E-state index contributed by atoms with van der Waals surface area (Å²) in [7, 11) is 0. The summed E-state index contributed by atoms with van der Waals surface area (Å²) in [6.45, 7) is 2.55. The molecule has 34 heavy (non-hydrogen) atoms. The molecular formula is C22H22F4N4O4. The van der Waals surface area contributed by atoms with Crippen LogP contribution in [0.5, 0.6) is 0 Å². The highest BCUT2D eigenvalue weighted by Gasteiger charge is 2.27. The van der Waals surface area contributed by atoms with Gasteiger partial charge in [-0.2, -0.15) is 8.78 Å². The van der Waals surface area contributed by atoms with Gasteiger partial charge in [0.15, 0.2) is 0 Å². The third-order valence-electron chi connectivity index (χ3n) is 5.05. The Balaban J connectivity index is 1.83. The lowest BCUT2D eigenvalue weighted by Crippen LogP contribution is -2.48. The van der Waals surface area contributed by atoms with E-state index in [9.17, 15) is 31.9 Å². The summed E-state index contributed by atoms with van der Waals surface area (Å²) in [4.78, 5) is 38.6. The van der Waals surface area contributed by atoms with Gasteiger partial charge in [-0.3, -0.25) is 25.3 Å². The Kier molecular flexibility index (Phi) is 8.05. The van der Waals surface area contributed by atoms with Gasteiger partial charge in [-0.05, 0) is 36.8 Å². The molecule has 1 aliphatic heterocycles. The Morgan fingerprint density at radius 1 is 1.03 bits per heavy atom. The third kappa shape index (κ3) is 6.01. The number of rotatable bonds is 5. The van der Waals surface area contributed by atoms with Crippen LogP contribution in [0.4, 0.5) is 28.0 Å². The van der Waals surface area contributed by atoms with Crippen LogP contribution in [-0.2, 0) is 16.1 Å². The molecule has 182 valence electrons. The first-order chi connectivity index (χ1) is 16.2. The van der Waals surface area contributed by atoms with Crippen LogP contribution in [0.25, 0.3) is 0 Å². The van der Waals surface area contributed by atoms with Crippen LogP contribution in [0.2, 0.25) is 0 Å². The number of alkyl halides is 2. The van der Waals surface area contributed by atoms with E-state index in [1.165, 1.54) is 34.6 Å². The summed E-state index contributed by atoms with van der Waals surface area (Å²) in [5.41, 5.74) is 3.57. The molecule has 8 nitrogen and oxygen atoms in total. The van der Waals surface area contributed by atoms with E-state index in [0.29, 0.717) is 18.8 Å². The maximum Gasteiger partial charge on any atom is 0.325 e. The van der Waals surface area contributed by atoms with E-state index >= 15 is 0 Å². The molecule has 0 aliphatic carbocycles. The van der Waals surface area contributed by atoms with E-state index in [0.717, 1.165) is 11.0 Å². The summed E-state index contributed by atoms with van der Waals surface area (Å²) in [5.74, 6) is -4.29. The largest absolute Gasteiger partial charge is 0.378 e. The molecule has 1 aliphatic rings. The van der Waals surface area contributed by atoms with Gasteiger partial charge in [0.2, 0.25) is 0 Å². The number of carbonyl (C=O) groups excluding carboxylic acids is 3. The molecule has 2 aromatic carbocycles. The van der Waals surface area contributed by atoms with Crippen molar-refractivity contribution >= 4 is 23.5 Å². The number of urea groups is 1. The van der Waals surface area contributed by atoms with Crippen LogP contribution in [0.15, 0.2) is 36.4 Å². The number of halogens is 4. The van der Waals surface area contributed by atoms with Crippen LogP contribution in [0, 0.1) is 18.6 Å². The standard InChI is InChI=1S/C22H22F4N4O4/c1-13-2-5-18(17(24)10-13)30(22(33)29-6-8-34-9-7-29)12-15-4-3-14(11-16(15)23)20(31)27-28-21(32)19(25)26/h2-5,10-11,19H,6-9,12H2,1H3,(H,27,31)(H,28,32). The molecule has 0 saturated carbocycles. The topological polar surface area (TPSA) is 91.0 Å². The van der Waals surface area contributed by atoms with E-state index in [2.05, 4.69) is 0 Å². The first-order valence-corrected chi connectivity index (χ1v) is 10.2. The number of ether oxygens (including phenoxy) is 1. The molecule has 12 heteroatoms. The van der Waals surface area contributed by atoms with Crippen molar-refractivity contribution in [2.75, 3.05) is 31.2 Å². The first kappa shape index (κ1) is 25.0. The molecule has 0 bridgehead atoms. The number of hydrogen-bond acceptors (Lipinski definition) is 4. The zero-order valence-electron chi connectivity index (χ0n) is 18.1. The number of anilines is 1. The van der Waals surface area contributed by atoms with Crippen molar-refractivity contribution in [2.24, 2.45) is 0 Å². The number of amides is 4. The van der Waals surface area contributed by atoms with Gasteiger partial charge in [-0.1, -0.05) is 12.1 Å². The van der Waals surface area contributed by atoms with Gasteiger partial charge >= 0.3 is 18.4 Å². The van der Waals surface area contributed by atoms with Crippen molar-refractivity contribution in [1.29, 1.82) is 0 Å². The van der Waals surface area contributed by atoms with Gasteiger partial charge in [0, 0.05) is 24.2 Å². The maximum atomic E-state index is 14.8. The quantitative estimate of drug-likeness (QED) is 0.507. The van der Waals surface area contributed by atoms with Gasteiger partial charge in [0.1, 0.15) is 11.6 Å². The van der Waals surface area contributed by atoms with Crippen LogP contribution in [-0.4, -0.2) is 55.5 Å². The number of hydrazine groups is 1. The summed E-state index contributed by atoms with van der Waals surface area (Å²) in [6.07, 6.45) is -3.34. The molecule has 2 N–H and O–H groups in total. The lowest BCUT2D eigenvalue weighted by molar-refractivity contribution is -0.132. The minimum absolute atomic E-state index is 0.0187. The van der Waals surface area contributed by atoms with Crippen molar-refractivity contribution in [1.82, 2.24) is 15.8 Å². The van der Waals surface area contributed by atoms with Crippen LogP contribution >= 0.6 is 0 Å². The molecular weight excluding hydrogens is 460 g/mol. The monoisotopic (exact) mass is 482 g/mol. The predicted molar refractivity (Wildman–Crippen MR) is 113 cm³/mol. The Bertz CT molecular complexity index is 1080. The van der Waals surface area contributed by atoms with Gasteiger partial charge in [0.25, 0.3) is 5.91 Å². The number of hydrogen-bond donors (Lipinski definition) is 2. The third-order valence-corrected chi connectivity index (χ3v) is 5.05. The van der Waals surface area contributed by atoms with Crippen molar-refractivity contribution in [3.05, 3.63) is 64.7 Å². The number of nitrogens with one attached hydrogen (secondary N) is 2. The second-order valence-electron chi connectivity index (χ2n) is 7.47. The molecule has 0 aromatic heterocycles. The minimum Gasteiger partial charge on any atom is -0.378 e. The van der Waals surface area contributed by atoms with Crippen molar-refractivity contribution in [2.45, 2.75) is 19.9 Å². The normalized spacial score (nSPS) is 13.5. The van der Waals surface area contributed by atoms with E-state index in [4.69, 9.17) is 4.74 Å². The fraction of sp³-hybridized carbons (Fsp3) is 0.318. The molecule has 0 radical (unpaired) electrons. The Morgan fingerprint density at radius 3 is 2.35 bits per heavy atom. The number of benzene rings is 2. The molecule has 4 amide bonds. The second-order valence-corrected chi connectivity index (χ2v) is 7.47. The Labute approximate surface area is 192 Å². The van der Waals surface area contributed by atoms with Crippen molar-refractivity contribution in [3.8, 4) is 0 Å². The number of nitrogens with zero attached hydrogens (tertiary/aromatic N) is 2. The SMILES string of the molecule is Cc1ccc(N(Cc2ccc(C(=O)NNC(=O)C(F)F)cc2F)C(=O)N2CCOCC2)c(F)c1. The number of aryl methyl sites for hydroxylation is 1. The van der Waals surface area contributed by atoms with E-state index in [1.54, 1.807) is 18.4 Å². The maximum absolute atomic E-state index is 14.8. The van der Waals surface area contributed by atoms with Gasteiger partial charge < -0.3 is 9.64 Å². The molecule has 3 rings (SSSR count). The number of morpholine rings is 1. The zero-order valence-corrected chi connectivity index (χ0v) is 18.1. The summed E-state index contributed by atoms with van der Waals surface area (Å²) in [6, 6.07) is 6.98. The van der Waals surface area contributed by atoms with E-state index < -0.39 is 35.9 Å². The molecule has 0 spiro atoms. The highest BCUT2D eigenvalue weighted by atomic mass is 19.3. The van der Waals surface area contributed by atoms with E-state index in [1.807, 2.05) is 0 Å². The van der Waals surface area contributed by atoms with Gasteiger partial charge in [-0.25, -0.2) is 13.6 Å².